The van der Waals surface area contributed by atoms with Crippen molar-refractivity contribution in [3.05, 3.63) is 65.7 Å². The van der Waals surface area contributed by atoms with E-state index in [-0.39, 0.29) is 5.91 Å². The van der Waals surface area contributed by atoms with Crippen molar-refractivity contribution in [3.63, 3.8) is 0 Å². The molecule has 0 bridgehead atoms. The molecule has 9 heteroatoms. The van der Waals surface area contributed by atoms with Gasteiger partial charge in [-0.05, 0) is 43.3 Å². The van der Waals surface area contributed by atoms with Crippen LogP contribution >= 0.6 is 0 Å². The highest BCUT2D eigenvalue weighted by Gasteiger charge is 2.15. The Morgan fingerprint density at radius 1 is 1.16 bits per heavy atom. The molecule has 2 aromatic carbocycles. The molecule has 2 N–H and O–H groups in total. The number of ether oxygens (including phenoxy) is 2. The Bertz CT molecular complexity index is 1240. The van der Waals surface area contributed by atoms with Gasteiger partial charge in [-0.25, -0.2) is 9.37 Å². The molecule has 0 atom stereocenters. The molecule has 0 spiro atoms. The number of halogens is 1. The summed E-state index contributed by atoms with van der Waals surface area (Å²) >= 11 is 0. The van der Waals surface area contributed by atoms with E-state index in [4.69, 9.17) is 9.47 Å². The van der Waals surface area contributed by atoms with Gasteiger partial charge in [0.25, 0.3) is 5.91 Å². The summed E-state index contributed by atoms with van der Waals surface area (Å²) < 4.78 is 25.1. The maximum absolute atomic E-state index is 13.9. The highest BCUT2D eigenvalue weighted by molar-refractivity contribution is 5.99. The molecule has 0 fully saturated rings. The van der Waals surface area contributed by atoms with E-state index in [1.165, 1.54) is 19.2 Å². The van der Waals surface area contributed by atoms with Gasteiger partial charge in [0, 0.05) is 35.5 Å². The number of amides is 1. The normalized spacial score (nSPS) is 10.8. The van der Waals surface area contributed by atoms with E-state index in [0.29, 0.717) is 53.4 Å². The van der Waals surface area contributed by atoms with E-state index in [1.54, 1.807) is 36.5 Å². The highest BCUT2D eigenvalue weighted by Crippen LogP contribution is 2.35. The lowest BCUT2D eigenvalue weighted by molar-refractivity contribution is 0.0954. The molecule has 2 aromatic heterocycles. The van der Waals surface area contributed by atoms with Gasteiger partial charge in [-0.2, -0.15) is 0 Å². The molecule has 1 amide bonds. The van der Waals surface area contributed by atoms with Gasteiger partial charge in [-0.15, -0.1) is 5.10 Å². The van der Waals surface area contributed by atoms with Crippen LogP contribution in [0, 0.1) is 5.82 Å². The van der Waals surface area contributed by atoms with Gasteiger partial charge in [0.15, 0.2) is 0 Å². The third kappa shape index (κ3) is 4.51. The molecule has 0 aliphatic carbocycles. The third-order valence-corrected chi connectivity index (χ3v) is 4.92. The standard InChI is InChI=1S/C23H22FN5O3/c1-3-32-22-12-20(18-11-15(24)5-7-21(18)31-2)27-19-10-14(4-6-17(19)22)23(30)25-9-8-16-13-26-29-28-16/h4-7,10-13H,3,8-9H2,1-2H3,(H,25,30)(H,26,28,29). The summed E-state index contributed by atoms with van der Waals surface area (Å²) in [6.45, 7) is 2.76. The summed E-state index contributed by atoms with van der Waals surface area (Å²) in [5.74, 6) is 0.453. The van der Waals surface area contributed by atoms with E-state index in [1.807, 2.05) is 6.92 Å². The fourth-order valence-electron chi connectivity index (χ4n) is 3.38. The lowest BCUT2D eigenvalue weighted by Crippen LogP contribution is -2.25. The second-order valence-corrected chi connectivity index (χ2v) is 7.00. The van der Waals surface area contributed by atoms with E-state index >= 15 is 0 Å². The molecule has 0 radical (unpaired) electrons. The highest BCUT2D eigenvalue weighted by atomic mass is 19.1. The first kappa shape index (κ1) is 21.2. The Morgan fingerprint density at radius 2 is 2.03 bits per heavy atom. The van der Waals surface area contributed by atoms with Crippen LogP contribution in [-0.4, -0.2) is 46.6 Å². The van der Waals surface area contributed by atoms with E-state index in [9.17, 15) is 9.18 Å². The summed E-state index contributed by atoms with van der Waals surface area (Å²) in [6, 6.07) is 11.2. The summed E-state index contributed by atoms with van der Waals surface area (Å²) in [7, 11) is 1.52. The second-order valence-electron chi connectivity index (χ2n) is 7.00. The van der Waals surface area contributed by atoms with Crippen molar-refractivity contribution in [2.24, 2.45) is 0 Å². The summed E-state index contributed by atoms with van der Waals surface area (Å²) in [6.07, 6.45) is 2.20. The molecule has 4 aromatic rings. The maximum atomic E-state index is 13.9. The summed E-state index contributed by atoms with van der Waals surface area (Å²) in [4.78, 5) is 17.3. The largest absolute Gasteiger partial charge is 0.496 e. The quantitative estimate of drug-likeness (QED) is 0.439. The van der Waals surface area contributed by atoms with E-state index < -0.39 is 5.82 Å². The van der Waals surface area contributed by atoms with Gasteiger partial charge < -0.3 is 14.8 Å². The smallest absolute Gasteiger partial charge is 0.251 e. The molecular formula is C23H22FN5O3. The lowest BCUT2D eigenvalue weighted by atomic mass is 10.1. The molecule has 32 heavy (non-hydrogen) atoms. The van der Waals surface area contributed by atoms with Crippen LogP contribution in [0.5, 0.6) is 11.5 Å². The fraction of sp³-hybridized carbons (Fsp3) is 0.217. The molecule has 0 aliphatic rings. The number of aromatic nitrogens is 4. The van der Waals surface area contributed by atoms with Crippen LogP contribution in [0.4, 0.5) is 4.39 Å². The molecule has 0 saturated heterocycles. The number of fused-ring (bicyclic) bond motifs is 1. The minimum Gasteiger partial charge on any atom is -0.496 e. The van der Waals surface area contributed by atoms with Gasteiger partial charge in [0.1, 0.15) is 17.3 Å². The number of rotatable bonds is 8. The fourth-order valence-corrected chi connectivity index (χ4v) is 3.38. The number of H-pyrrole nitrogens is 1. The predicted molar refractivity (Wildman–Crippen MR) is 117 cm³/mol. The number of nitrogens with one attached hydrogen (secondary N) is 2. The first-order valence-electron chi connectivity index (χ1n) is 10.1. The number of hydrogen-bond acceptors (Lipinski definition) is 6. The van der Waals surface area contributed by atoms with Crippen molar-refractivity contribution in [2.45, 2.75) is 13.3 Å². The number of benzene rings is 2. The number of hydrogen-bond donors (Lipinski definition) is 2. The Hall–Kier alpha value is -4.01. The van der Waals surface area contributed by atoms with Gasteiger partial charge in [0.2, 0.25) is 0 Å². The molecule has 0 saturated carbocycles. The molecule has 164 valence electrons. The molecular weight excluding hydrogens is 413 g/mol. The van der Waals surface area contributed by atoms with Crippen molar-refractivity contribution in [2.75, 3.05) is 20.3 Å². The van der Waals surface area contributed by atoms with Crippen LogP contribution < -0.4 is 14.8 Å². The molecule has 4 rings (SSSR count). The number of nitrogens with zero attached hydrogens (tertiary/aromatic N) is 3. The lowest BCUT2D eigenvalue weighted by Gasteiger charge is -2.13. The first-order valence-corrected chi connectivity index (χ1v) is 10.1. The average molecular weight is 435 g/mol. The zero-order chi connectivity index (χ0) is 22.5. The van der Waals surface area contributed by atoms with E-state index in [0.717, 1.165) is 11.1 Å². The average Bonchev–Trinajstić information content (AvgIpc) is 3.32. The third-order valence-electron chi connectivity index (χ3n) is 4.92. The van der Waals surface area contributed by atoms with Gasteiger partial charge in [-0.1, -0.05) is 5.21 Å². The number of carbonyl (C=O) groups excluding carboxylic acids is 1. The maximum Gasteiger partial charge on any atom is 0.251 e. The Morgan fingerprint density at radius 3 is 2.78 bits per heavy atom. The minimum absolute atomic E-state index is 0.229. The SMILES string of the molecule is CCOc1cc(-c2cc(F)ccc2OC)nc2cc(C(=O)NCCc3cnn[nH]3)ccc12. The summed E-state index contributed by atoms with van der Waals surface area (Å²) in [5, 5.41) is 13.7. The second kappa shape index (κ2) is 9.42. The van der Waals surface area contributed by atoms with Gasteiger partial charge in [0.05, 0.1) is 36.8 Å². The van der Waals surface area contributed by atoms with Crippen LogP contribution in [0.1, 0.15) is 23.0 Å². The zero-order valence-corrected chi connectivity index (χ0v) is 17.7. The molecule has 8 nitrogen and oxygen atoms in total. The van der Waals surface area contributed by atoms with Crippen LogP contribution in [0.2, 0.25) is 0 Å². The van der Waals surface area contributed by atoms with Gasteiger partial charge in [-0.3, -0.25) is 9.89 Å². The van der Waals surface area contributed by atoms with E-state index in [2.05, 4.69) is 25.7 Å². The van der Waals surface area contributed by atoms with Crippen molar-refractivity contribution in [1.29, 1.82) is 0 Å². The topological polar surface area (TPSA) is 102 Å². The zero-order valence-electron chi connectivity index (χ0n) is 17.7. The van der Waals surface area contributed by atoms with Gasteiger partial charge >= 0.3 is 0 Å². The predicted octanol–water partition coefficient (Wildman–Crippen LogP) is 3.54. The summed E-state index contributed by atoms with van der Waals surface area (Å²) in [5.41, 5.74) is 2.83. The number of pyridine rings is 1. The first-order chi connectivity index (χ1) is 15.6. The molecule has 0 unspecified atom stereocenters. The number of carbonyl (C=O) groups is 1. The number of aromatic amines is 1. The molecule has 0 aliphatic heterocycles. The van der Waals surface area contributed by atoms with Crippen LogP contribution in [0.25, 0.3) is 22.2 Å². The Balaban J connectivity index is 1.68. The number of methoxy groups -OCH3 is 1. The van der Waals surface area contributed by atoms with Crippen LogP contribution in [0.3, 0.4) is 0 Å². The molecule has 2 heterocycles. The Labute approximate surface area is 183 Å². The van der Waals surface area contributed by atoms with Crippen molar-refractivity contribution < 1.29 is 18.7 Å². The van der Waals surface area contributed by atoms with Crippen LogP contribution in [0.15, 0.2) is 48.7 Å². The van der Waals surface area contributed by atoms with Crippen molar-refractivity contribution in [3.8, 4) is 22.8 Å². The van der Waals surface area contributed by atoms with Crippen molar-refractivity contribution in [1.82, 2.24) is 25.7 Å². The van der Waals surface area contributed by atoms with Crippen LogP contribution in [-0.2, 0) is 6.42 Å². The minimum atomic E-state index is -0.402. The van der Waals surface area contributed by atoms with Crippen molar-refractivity contribution >= 4 is 16.8 Å². The monoisotopic (exact) mass is 435 g/mol. The Kier molecular flexibility index (Phi) is 6.25.